The Hall–Kier alpha value is -1.64. The Balaban J connectivity index is 2.20. The van der Waals surface area contributed by atoms with Gasteiger partial charge in [-0.05, 0) is 33.0 Å². The van der Waals surface area contributed by atoms with Crippen molar-refractivity contribution in [1.82, 2.24) is 5.01 Å². The molecule has 0 radical (unpaired) electrons. The molecule has 0 bridgehead atoms. The third-order valence-corrected chi connectivity index (χ3v) is 3.59. The van der Waals surface area contributed by atoms with Crippen LogP contribution in [0.15, 0.2) is 24.3 Å². The maximum absolute atomic E-state index is 5.93. The Morgan fingerprint density at radius 2 is 1.38 bits per heavy atom. The number of nitrogens with two attached hydrogens (primary N) is 1. The first-order chi connectivity index (χ1) is 7.83. The minimum atomic E-state index is 0.854. The van der Waals surface area contributed by atoms with Crippen molar-refractivity contribution >= 4 is 22.9 Å². The zero-order valence-electron chi connectivity index (χ0n) is 8.90. The van der Waals surface area contributed by atoms with Crippen LogP contribution >= 0.6 is 0 Å². The summed E-state index contributed by atoms with van der Waals surface area (Å²) >= 11 is 0. The lowest BCUT2D eigenvalue weighted by Crippen LogP contribution is -2.32. The smallest absolute Gasteiger partial charge is 0.0389 e. The molecule has 2 aromatic carbocycles. The fraction of sp³-hybridized carbons (Fsp3) is 0.143. The second kappa shape index (κ2) is 2.73. The summed E-state index contributed by atoms with van der Waals surface area (Å²) in [5, 5.41) is 4.73. The lowest BCUT2D eigenvalue weighted by atomic mass is 9.92. The van der Waals surface area contributed by atoms with Gasteiger partial charge in [-0.3, -0.25) is 5.84 Å². The highest BCUT2D eigenvalue weighted by atomic mass is 15.4. The zero-order valence-corrected chi connectivity index (χ0v) is 8.90. The summed E-state index contributed by atoms with van der Waals surface area (Å²) in [6, 6.07) is 8.82. The van der Waals surface area contributed by atoms with Gasteiger partial charge in [-0.25, -0.2) is 5.01 Å². The molecular weight excluding hydrogens is 196 g/mol. The summed E-state index contributed by atoms with van der Waals surface area (Å²) in [5.41, 5.74) is 5.41. The summed E-state index contributed by atoms with van der Waals surface area (Å²) in [6.07, 6.45) is 4.40. The topological polar surface area (TPSA) is 29.3 Å². The van der Waals surface area contributed by atoms with Crippen LogP contribution in [0.2, 0.25) is 0 Å². The van der Waals surface area contributed by atoms with Gasteiger partial charge >= 0.3 is 0 Å². The third kappa shape index (κ3) is 0.932. The molecule has 0 unspecified atom stereocenters. The van der Waals surface area contributed by atoms with E-state index in [4.69, 9.17) is 5.84 Å². The first-order valence-corrected chi connectivity index (χ1v) is 5.58. The molecule has 0 fully saturated rings. The molecule has 16 heavy (non-hydrogen) atoms. The molecule has 2 aromatic rings. The molecule has 2 nitrogen and oxygen atoms in total. The largest absolute Gasteiger partial charge is 0.268 e. The quantitative estimate of drug-likeness (QED) is 0.575. The van der Waals surface area contributed by atoms with Gasteiger partial charge in [-0.1, -0.05) is 36.4 Å². The number of hydrazine groups is 1. The highest BCUT2D eigenvalue weighted by molar-refractivity contribution is 6.07. The van der Waals surface area contributed by atoms with Crippen molar-refractivity contribution in [3.63, 3.8) is 0 Å². The molecule has 2 N–H and O–H groups in total. The molecule has 0 amide bonds. The van der Waals surface area contributed by atoms with Crippen molar-refractivity contribution in [3.8, 4) is 0 Å². The first kappa shape index (κ1) is 8.50. The third-order valence-electron chi connectivity index (χ3n) is 3.59. The van der Waals surface area contributed by atoms with Crippen LogP contribution in [0.3, 0.4) is 0 Å². The average Bonchev–Trinajstić information content (AvgIpc) is 2.70. The van der Waals surface area contributed by atoms with Crippen LogP contribution in [0.25, 0.3) is 22.9 Å². The van der Waals surface area contributed by atoms with Crippen molar-refractivity contribution in [2.45, 2.75) is 13.1 Å². The SMILES string of the molecule is NN1Cc2ccc3c4c(ccc(c24)C1)C=C3. The van der Waals surface area contributed by atoms with Crippen LogP contribution in [0.5, 0.6) is 0 Å². The Labute approximate surface area is 93.9 Å². The number of benzene rings is 2. The summed E-state index contributed by atoms with van der Waals surface area (Å²) in [7, 11) is 0. The van der Waals surface area contributed by atoms with Crippen molar-refractivity contribution in [3.05, 3.63) is 46.5 Å². The van der Waals surface area contributed by atoms with Crippen molar-refractivity contribution in [2.24, 2.45) is 5.84 Å². The molecule has 1 aliphatic heterocycles. The fourth-order valence-electron chi connectivity index (χ4n) is 2.91. The molecule has 0 spiro atoms. The highest BCUT2D eigenvalue weighted by Gasteiger charge is 2.20. The summed E-state index contributed by atoms with van der Waals surface area (Å²) in [4.78, 5) is 0. The molecule has 1 aliphatic carbocycles. The van der Waals surface area contributed by atoms with Crippen LogP contribution in [-0.4, -0.2) is 5.01 Å². The van der Waals surface area contributed by atoms with Crippen LogP contribution < -0.4 is 5.84 Å². The van der Waals surface area contributed by atoms with Gasteiger partial charge in [-0.2, -0.15) is 0 Å². The maximum atomic E-state index is 5.93. The predicted octanol–water partition coefficient (Wildman–Crippen LogP) is 2.51. The van der Waals surface area contributed by atoms with Crippen molar-refractivity contribution in [1.29, 1.82) is 0 Å². The fourth-order valence-corrected chi connectivity index (χ4v) is 2.91. The van der Waals surface area contributed by atoms with Gasteiger partial charge in [0, 0.05) is 13.1 Å². The zero-order chi connectivity index (χ0) is 10.7. The second-order valence-corrected chi connectivity index (χ2v) is 4.62. The van der Waals surface area contributed by atoms with E-state index in [0.717, 1.165) is 13.1 Å². The van der Waals surface area contributed by atoms with E-state index < -0.39 is 0 Å². The monoisotopic (exact) mass is 208 g/mol. The number of hydrogen-bond acceptors (Lipinski definition) is 2. The van der Waals surface area contributed by atoms with Crippen LogP contribution in [0.4, 0.5) is 0 Å². The van der Waals surface area contributed by atoms with Crippen molar-refractivity contribution in [2.75, 3.05) is 0 Å². The molecule has 0 aromatic heterocycles. The van der Waals surface area contributed by atoms with Gasteiger partial charge in [0.25, 0.3) is 0 Å². The van der Waals surface area contributed by atoms with E-state index in [2.05, 4.69) is 36.4 Å². The maximum Gasteiger partial charge on any atom is 0.0389 e. The van der Waals surface area contributed by atoms with Gasteiger partial charge in [0.1, 0.15) is 0 Å². The molecule has 0 atom stereocenters. The van der Waals surface area contributed by atoms with Crippen molar-refractivity contribution < 1.29 is 0 Å². The molecule has 4 rings (SSSR count). The number of nitrogens with zero attached hydrogens (tertiary/aromatic N) is 1. The molecular formula is C14H12N2. The van der Waals surface area contributed by atoms with Gasteiger partial charge in [0.05, 0.1) is 0 Å². The Kier molecular flexibility index (Phi) is 1.45. The van der Waals surface area contributed by atoms with Crippen LogP contribution in [0, 0.1) is 0 Å². The molecule has 1 heterocycles. The first-order valence-electron chi connectivity index (χ1n) is 5.58. The van der Waals surface area contributed by atoms with Gasteiger partial charge in [0.2, 0.25) is 0 Å². The van der Waals surface area contributed by atoms with E-state index >= 15 is 0 Å². The molecule has 2 heteroatoms. The highest BCUT2D eigenvalue weighted by Crippen LogP contribution is 2.37. The lowest BCUT2D eigenvalue weighted by Gasteiger charge is -2.25. The summed E-state index contributed by atoms with van der Waals surface area (Å²) in [5.74, 6) is 5.93. The van der Waals surface area contributed by atoms with E-state index in [1.165, 1.54) is 33.0 Å². The van der Waals surface area contributed by atoms with E-state index in [0.29, 0.717) is 0 Å². The van der Waals surface area contributed by atoms with E-state index in [1.807, 2.05) is 5.01 Å². The average molecular weight is 208 g/mol. The molecule has 78 valence electrons. The Morgan fingerprint density at radius 1 is 0.812 bits per heavy atom. The normalized spacial score (nSPS) is 17.3. The minimum absolute atomic E-state index is 0.854. The summed E-state index contributed by atoms with van der Waals surface area (Å²) < 4.78 is 0. The predicted molar refractivity (Wildman–Crippen MR) is 66.3 cm³/mol. The molecule has 0 saturated carbocycles. The minimum Gasteiger partial charge on any atom is -0.268 e. The van der Waals surface area contributed by atoms with E-state index in [9.17, 15) is 0 Å². The van der Waals surface area contributed by atoms with E-state index in [1.54, 1.807) is 0 Å². The Bertz CT molecular complexity index is 590. The Morgan fingerprint density at radius 3 is 1.94 bits per heavy atom. The molecule has 2 aliphatic rings. The number of hydrogen-bond donors (Lipinski definition) is 1. The van der Waals surface area contributed by atoms with Gasteiger partial charge in [-0.15, -0.1) is 0 Å². The van der Waals surface area contributed by atoms with Crippen LogP contribution in [-0.2, 0) is 13.1 Å². The number of rotatable bonds is 0. The standard InChI is InChI=1S/C14H12N2/c15-16-7-11-5-3-9-1-2-10-4-6-12(8-16)14(11)13(9)10/h1-6H,7-8,15H2. The van der Waals surface area contributed by atoms with E-state index in [-0.39, 0.29) is 0 Å². The second-order valence-electron chi connectivity index (χ2n) is 4.62. The van der Waals surface area contributed by atoms with Gasteiger partial charge < -0.3 is 0 Å². The lowest BCUT2D eigenvalue weighted by molar-refractivity contribution is 0.261. The summed E-state index contributed by atoms with van der Waals surface area (Å²) in [6.45, 7) is 1.71. The van der Waals surface area contributed by atoms with Crippen LogP contribution in [0.1, 0.15) is 22.3 Å². The van der Waals surface area contributed by atoms with Gasteiger partial charge in [0.15, 0.2) is 0 Å². The molecule has 0 saturated heterocycles.